The van der Waals surface area contributed by atoms with Crippen LogP contribution in [0.1, 0.15) is 51.9 Å². The van der Waals surface area contributed by atoms with Gasteiger partial charge in [-0.2, -0.15) is 10.1 Å². The number of nitrogens with two attached hydrogens (primary N) is 1. The van der Waals surface area contributed by atoms with Gasteiger partial charge in [-0.15, -0.1) is 0 Å². The van der Waals surface area contributed by atoms with Crippen molar-refractivity contribution in [3.05, 3.63) is 0 Å². The smallest absolute Gasteiger partial charge is 0.307 e. The first-order chi connectivity index (χ1) is 13.0. The molecule has 0 spiro atoms. The molecule has 1 saturated carbocycles. The molecule has 0 aromatic heterocycles. The molecule has 4 atom stereocenters. The standard InChI is InChI=1S/C19H38N4O4/c1-2-27-19(24)12-18(16-6-4-8-21-13-16)23(26)10-9-22(25)14-15-5-3-7-17(20)11-15/h15-18,21,25-26H,2-14,20H2,1H3. The van der Waals surface area contributed by atoms with E-state index in [0.717, 1.165) is 51.6 Å². The molecule has 158 valence electrons. The average Bonchev–Trinajstić information content (AvgIpc) is 2.65. The highest BCUT2D eigenvalue weighted by Crippen LogP contribution is 2.24. The first-order valence-electron chi connectivity index (χ1n) is 10.5. The molecule has 4 unspecified atom stereocenters. The normalized spacial score (nSPS) is 27.7. The second kappa shape index (κ2) is 11.9. The van der Waals surface area contributed by atoms with Crippen molar-refractivity contribution in [3.8, 4) is 0 Å². The number of carbonyl (C=O) groups excluding carboxylic acids is 1. The summed E-state index contributed by atoms with van der Waals surface area (Å²) in [7, 11) is 0. The van der Waals surface area contributed by atoms with Crippen LogP contribution in [0.15, 0.2) is 0 Å². The van der Waals surface area contributed by atoms with Gasteiger partial charge >= 0.3 is 5.97 Å². The summed E-state index contributed by atoms with van der Waals surface area (Å²) in [5, 5.41) is 26.7. The van der Waals surface area contributed by atoms with Crippen molar-refractivity contribution in [1.29, 1.82) is 0 Å². The predicted molar refractivity (Wildman–Crippen MR) is 102 cm³/mol. The number of nitrogens with one attached hydrogen (secondary N) is 1. The Morgan fingerprint density at radius 3 is 2.74 bits per heavy atom. The maximum atomic E-state index is 12.0. The van der Waals surface area contributed by atoms with Crippen LogP contribution < -0.4 is 11.1 Å². The quantitative estimate of drug-likeness (QED) is 0.327. The fourth-order valence-electron chi connectivity index (χ4n) is 4.38. The Bertz CT molecular complexity index is 434. The largest absolute Gasteiger partial charge is 0.466 e. The number of nitrogens with zero attached hydrogens (tertiary/aromatic N) is 2. The first-order valence-corrected chi connectivity index (χ1v) is 10.5. The summed E-state index contributed by atoms with van der Waals surface area (Å²) in [6.07, 6.45) is 6.38. The number of rotatable bonds is 10. The van der Waals surface area contributed by atoms with Crippen LogP contribution in [0.4, 0.5) is 0 Å². The van der Waals surface area contributed by atoms with E-state index in [2.05, 4.69) is 5.32 Å². The summed E-state index contributed by atoms with van der Waals surface area (Å²) >= 11 is 0. The van der Waals surface area contributed by atoms with Gasteiger partial charge in [0, 0.05) is 31.7 Å². The minimum absolute atomic E-state index is 0.166. The van der Waals surface area contributed by atoms with E-state index in [4.69, 9.17) is 10.5 Å². The molecular weight excluding hydrogens is 348 g/mol. The number of piperidine rings is 1. The van der Waals surface area contributed by atoms with Gasteiger partial charge in [0.25, 0.3) is 0 Å². The lowest BCUT2D eigenvalue weighted by atomic mass is 9.86. The maximum Gasteiger partial charge on any atom is 0.307 e. The van der Waals surface area contributed by atoms with E-state index >= 15 is 0 Å². The Balaban J connectivity index is 1.82. The van der Waals surface area contributed by atoms with E-state index in [1.54, 1.807) is 6.92 Å². The van der Waals surface area contributed by atoms with Crippen LogP contribution in [0.5, 0.6) is 0 Å². The zero-order chi connectivity index (χ0) is 19.6. The molecule has 1 aliphatic carbocycles. The van der Waals surface area contributed by atoms with Gasteiger partial charge in [-0.05, 0) is 64.0 Å². The average molecular weight is 387 g/mol. The Morgan fingerprint density at radius 1 is 1.26 bits per heavy atom. The van der Waals surface area contributed by atoms with E-state index in [9.17, 15) is 15.2 Å². The number of esters is 1. The molecule has 8 heteroatoms. The molecule has 0 aromatic rings. The molecule has 2 fully saturated rings. The molecule has 27 heavy (non-hydrogen) atoms. The van der Waals surface area contributed by atoms with Gasteiger partial charge in [-0.1, -0.05) is 6.42 Å². The Labute approximate surface area is 162 Å². The third-order valence-corrected chi connectivity index (χ3v) is 5.82. The first kappa shape index (κ1) is 22.5. The van der Waals surface area contributed by atoms with Gasteiger partial charge < -0.3 is 26.2 Å². The SMILES string of the molecule is CCOC(=O)CC(C1CCCNC1)N(O)CCN(O)CC1CCCC(N)C1. The van der Waals surface area contributed by atoms with Gasteiger partial charge in [-0.3, -0.25) is 4.79 Å². The Morgan fingerprint density at radius 2 is 2.07 bits per heavy atom. The predicted octanol–water partition coefficient (Wildman–Crippen LogP) is 1.21. The highest BCUT2D eigenvalue weighted by atomic mass is 16.5. The molecule has 1 heterocycles. The van der Waals surface area contributed by atoms with Crippen molar-refractivity contribution in [2.45, 2.75) is 64.0 Å². The zero-order valence-corrected chi connectivity index (χ0v) is 16.7. The topological polar surface area (TPSA) is 111 Å². The minimum Gasteiger partial charge on any atom is -0.466 e. The molecule has 2 aliphatic rings. The molecular formula is C19H38N4O4. The van der Waals surface area contributed by atoms with E-state index in [1.807, 2.05) is 0 Å². The fourth-order valence-corrected chi connectivity index (χ4v) is 4.38. The van der Waals surface area contributed by atoms with Crippen LogP contribution in [0.25, 0.3) is 0 Å². The van der Waals surface area contributed by atoms with Gasteiger partial charge in [-0.25, -0.2) is 0 Å². The van der Waals surface area contributed by atoms with Gasteiger partial charge in [0.2, 0.25) is 0 Å². The van der Waals surface area contributed by atoms with E-state index in [0.29, 0.717) is 25.6 Å². The third-order valence-electron chi connectivity index (χ3n) is 5.82. The second-order valence-electron chi connectivity index (χ2n) is 8.05. The van der Waals surface area contributed by atoms with Crippen LogP contribution in [0.2, 0.25) is 0 Å². The van der Waals surface area contributed by atoms with Gasteiger partial charge in [0.05, 0.1) is 13.0 Å². The summed E-state index contributed by atoms with van der Waals surface area (Å²) < 4.78 is 5.08. The van der Waals surface area contributed by atoms with Crippen molar-refractivity contribution < 1.29 is 19.9 Å². The lowest BCUT2D eigenvalue weighted by molar-refractivity contribution is -0.179. The van der Waals surface area contributed by atoms with E-state index < -0.39 is 0 Å². The fraction of sp³-hybridized carbons (Fsp3) is 0.947. The van der Waals surface area contributed by atoms with E-state index in [1.165, 1.54) is 10.1 Å². The molecule has 1 saturated heterocycles. The van der Waals surface area contributed by atoms with Crippen molar-refractivity contribution >= 4 is 5.97 Å². The highest BCUT2D eigenvalue weighted by molar-refractivity contribution is 5.70. The highest BCUT2D eigenvalue weighted by Gasteiger charge is 2.31. The zero-order valence-electron chi connectivity index (χ0n) is 16.7. The van der Waals surface area contributed by atoms with Gasteiger partial charge in [0.1, 0.15) is 0 Å². The molecule has 1 aliphatic heterocycles. The summed E-state index contributed by atoms with van der Waals surface area (Å²) in [6, 6.07) is -0.0624. The van der Waals surface area contributed by atoms with Crippen molar-refractivity contribution in [1.82, 2.24) is 15.4 Å². The number of ether oxygens (including phenoxy) is 1. The Kier molecular flexibility index (Phi) is 9.95. The molecule has 0 amide bonds. The monoisotopic (exact) mass is 386 g/mol. The van der Waals surface area contributed by atoms with Gasteiger partial charge in [0.15, 0.2) is 0 Å². The summed E-state index contributed by atoms with van der Waals surface area (Å²) in [6.45, 7) is 5.08. The summed E-state index contributed by atoms with van der Waals surface area (Å²) in [5.74, 6) is 0.310. The number of hydroxylamine groups is 4. The van der Waals surface area contributed by atoms with E-state index in [-0.39, 0.29) is 36.9 Å². The number of carbonyl (C=O) groups is 1. The molecule has 0 bridgehead atoms. The summed E-state index contributed by atoms with van der Waals surface area (Å²) in [5.41, 5.74) is 6.02. The summed E-state index contributed by atoms with van der Waals surface area (Å²) in [4.78, 5) is 12.0. The van der Waals surface area contributed by atoms with Crippen LogP contribution in [-0.4, -0.2) is 77.9 Å². The molecule has 0 aromatic carbocycles. The molecule has 5 N–H and O–H groups in total. The Hall–Kier alpha value is -0.770. The minimum atomic E-state index is -0.298. The lowest BCUT2D eigenvalue weighted by Gasteiger charge is -2.36. The van der Waals surface area contributed by atoms with Crippen molar-refractivity contribution in [2.75, 3.05) is 39.3 Å². The lowest BCUT2D eigenvalue weighted by Crippen LogP contribution is -2.48. The molecule has 2 rings (SSSR count). The molecule has 8 nitrogen and oxygen atoms in total. The van der Waals surface area contributed by atoms with Crippen molar-refractivity contribution in [3.63, 3.8) is 0 Å². The van der Waals surface area contributed by atoms with Crippen LogP contribution in [0, 0.1) is 11.8 Å². The third kappa shape index (κ3) is 8.01. The van der Waals surface area contributed by atoms with Crippen LogP contribution in [-0.2, 0) is 9.53 Å². The van der Waals surface area contributed by atoms with Crippen LogP contribution >= 0.6 is 0 Å². The maximum absolute atomic E-state index is 12.0. The van der Waals surface area contributed by atoms with Crippen molar-refractivity contribution in [2.24, 2.45) is 17.6 Å². The molecule has 0 radical (unpaired) electrons. The second-order valence-corrected chi connectivity index (χ2v) is 8.05. The number of hydrogen-bond donors (Lipinski definition) is 4. The number of hydrogen-bond acceptors (Lipinski definition) is 8. The van der Waals surface area contributed by atoms with Crippen LogP contribution in [0.3, 0.4) is 0 Å².